The highest BCUT2D eigenvalue weighted by atomic mass is 32.1. The SMILES string of the molecule is Cc1ccsc1CNC1CCN(c2ccc(C(=O)Nc3ccccc3)cn2)C1. The molecule has 1 saturated heterocycles. The summed E-state index contributed by atoms with van der Waals surface area (Å²) in [6.45, 7) is 5.00. The Morgan fingerprint density at radius 3 is 2.79 bits per heavy atom. The van der Waals surface area contributed by atoms with Crippen molar-refractivity contribution < 1.29 is 4.79 Å². The van der Waals surface area contributed by atoms with Gasteiger partial charge in [0, 0.05) is 42.4 Å². The molecule has 3 aromatic rings. The van der Waals surface area contributed by atoms with Gasteiger partial charge in [-0.2, -0.15) is 0 Å². The van der Waals surface area contributed by atoms with Crippen LogP contribution in [0.2, 0.25) is 0 Å². The molecule has 1 aliphatic heterocycles. The minimum absolute atomic E-state index is 0.141. The average Bonchev–Trinajstić information content (AvgIpc) is 3.36. The molecule has 1 amide bonds. The van der Waals surface area contributed by atoms with E-state index in [1.54, 1.807) is 6.20 Å². The monoisotopic (exact) mass is 392 g/mol. The number of thiophene rings is 1. The van der Waals surface area contributed by atoms with E-state index in [0.29, 0.717) is 11.6 Å². The van der Waals surface area contributed by atoms with Crippen LogP contribution in [0.25, 0.3) is 0 Å². The average molecular weight is 393 g/mol. The number of rotatable bonds is 6. The highest BCUT2D eigenvalue weighted by molar-refractivity contribution is 7.10. The number of hydrogen-bond donors (Lipinski definition) is 2. The Bertz CT molecular complexity index is 923. The number of hydrogen-bond acceptors (Lipinski definition) is 5. The number of anilines is 2. The van der Waals surface area contributed by atoms with Crippen LogP contribution in [0.5, 0.6) is 0 Å². The smallest absolute Gasteiger partial charge is 0.257 e. The van der Waals surface area contributed by atoms with Crippen molar-refractivity contribution in [2.75, 3.05) is 23.3 Å². The Kier molecular flexibility index (Phi) is 5.69. The summed E-state index contributed by atoms with van der Waals surface area (Å²) >= 11 is 1.81. The van der Waals surface area contributed by atoms with E-state index in [1.807, 2.05) is 53.8 Å². The maximum atomic E-state index is 12.4. The second-order valence-corrected chi connectivity index (χ2v) is 8.07. The molecule has 1 unspecified atom stereocenters. The number of aromatic nitrogens is 1. The van der Waals surface area contributed by atoms with E-state index < -0.39 is 0 Å². The summed E-state index contributed by atoms with van der Waals surface area (Å²) in [6.07, 6.45) is 2.76. The van der Waals surface area contributed by atoms with Crippen molar-refractivity contribution in [2.45, 2.75) is 25.9 Å². The molecule has 5 nitrogen and oxygen atoms in total. The second-order valence-electron chi connectivity index (χ2n) is 7.06. The van der Waals surface area contributed by atoms with Gasteiger partial charge >= 0.3 is 0 Å². The van der Waals surface area contributed by atoms with Gasteiger partial charge in [-0.05, 0) is 54.6 Å². The lowest BCUT2D eigenvalue weighted by Crippen LogP contribution is -2.32. The summed E-state index contributed by atoms with van der Waals surface area (Å²) in [5, 5.41) is 8.69. The first-order valence-electron chi connectivity index (χ1n) is 9.53. The number of nitrogens with zero attached hydrogens (tertiary/aromatic N) is 2. The van der Waals surface area contributed by atoms with Crippen LogP contribution < -0.4 is 15.5 Å². The molecule has 2 aromatic heterocycles. The van der Waals surface area contributed by atoms with E-state index in [-0.39, 0.29) is 5.91 Å². The van der Waals surface area contributed by atoms with Gasteiger partial charge in [-0.1, -0.05) is 18.2 Å². The van der Waals surface area contributed by atoms with Gasteiger partial charge in [0.05, 0.1) is 5.56 Å². The molecule has 0 radical (unpaired) electrons. The number of nitrogens with one attached hydrogen (secondary N) is 2. The van der Waals surface area contributed by atoms with Crippen molar-refractivity contribution in [3.8, 4) is 0 Å². The van der Waals surface area contributed by atoms with Gasteiger partial charge in [-0.3, -0.25) is 4.79 Å². The van der Waals surface area contributed by atoms with Crippen molar-refractivity contribution in [1.29, 1.82) is 0 Å². The summed E-state index contributed by atoms with van der Waals surface area (Å²) in [6, 6.07) is 15.9. The highest BCUT2D eigenvalue weighted by Gasteiger charge is 2.23. The lowest BCUT2D eigenvalue weighted by Gasteiger charge is -2.18. The number of pyridine rings is 1. The molecule has 0 bridgehead atoms. The molecule has 3 heterocycles. The molecule has 1 aliphatic rings. The van der Waals surface area contributed by atoms with Crippen LogP contribution in [-0.2, 0) is 6.54 Å². The normalized spacial score (nSPS) is 16.3. The van der Waals surface area contributed by atoms with Crippen LogP contribution in [0.4, 0.5) is 11.5 Å². The first kappa shape index (κ1) is 18.7. The molecule has 144 valence electrons. The van der Waals surface area contributed by atoms with Crippen LogP contribution in [0.3, 0.4) is 0 Å². The second kappa shape index (κ2) is 8.54. The van der Waals surface area contributed by atoms with Gasteiger partial charge in [0.2, 0.25) is 0 Å². The van der Waals surface area contributed by atoms with Crippen molar-refractivity contribution in [1.82, 2.24) is 10.3 Å². The zero-order valence-electron chi connectivity index (χ0n) is 15.9. The van der Waals surface area contributed by atoms with Crippen LogP contribution >= 0.6 is 11.3 Å². The van der Waals surface area contributed by atoms with Crippen molar-refractivity contribution in [3.05, 3.63) is 76.1 Å². The molecular weight excluding hydrogens is 368 g/mol. The zero-order chi connectivity index (χ0) is 19.3. The summed E-state index contributed by atoms with van der Waals surface area (Å²) in [4.78, 5) is 20.6. The standard InChI is InChI=1S/C22H24N4OS/c1-16-10-12-28-20(16)14-23-19-9-11-26(15-19)21-8-7-17(13-24-21)22(27)25-18-5-3-2-4-6-18/h2-8,10,12-13,19,23H,9,11,14-15H2,1H3,(H,25,27). The molecule has 2 N–H and O–H groups in total. The molecule has 6 heteroatoms. The van der Waals surface area contributed by atoms with Crippen LogP contribution in [0, 0.1) is 6.92 Å². The Hall–Kier alpha value is -2.70. The first-order chi connectivity index (χ1) is 13.7. The van der Waals surface area contributed by atoms with Crippen molar-refractivity contribution in [3.63, 3.8) is 0 Å². The predicted octanol–water partition coefficient (Wildman–Crippen LogP) is 4.07. The number of amides is 1. The molecule has 1 fully saturated rings. The van der Waals surface area contributed by atoms with Gasteiger partial charge in [0.25, 0.3) is 5.91 Å². The largest absolute Gasteiger partial charge is 0.355 e. The van der Waals surface area contributed by atoms with Gasteiger partial charge in [-0.25, -0.2) is 4.98 Å². The molecule has 0 spiro atoms. The number of aryl methyl sites for hydroxylation is 1. The third kappa shape index (κ3) is 4.40. The minimum atomic E-state index is -0.141. The fraction of sp³-hybridized carbons (Fsp3) is 0.273. The summed E-state index contributed by atoms with van der Waals surface area (Å²) < 4.78 is 0. The van der Waals surface area contributed by atoms with Crippen LogP contribution in [0.15, 0.2) is 60.1 Å². The van der Waals surface area contributed by atoms with E-state index in [4.69, 9.17) is 0 Å². The number of carbonyl (C=O) groups excluding carboxylic acids is 1. The Morgan fingerprint density at radius 2 is 2.07 bits per heavy atom. The lowest BCUT2D eigenvalue weighted by molar-refractivity contribution is 0.102. The van der Waals surface area contributed by atoms with Gasteiger partial charge in [0.1, 0.15) is 5.82 Å². The highest BCUT2D eigenvalue weighted by Crippen LogP contribution is 2.20. The fourth-order valence-corrected chi connectivity index (χ4v) is 4.25. The molecule has 28 heavy (non-hydrogen) atoms. The zero-order valence-corrected chi connectivity index (χ0v) is 16.7. The van der Waals surface area contributed by atoms with Gasteiger partial charge in [-0.15, -0.1) is 11.3 Å². The lowest BCUT2D eigenvalue weighted by atomic mass is 10.2. The van der Waals surface area contributed by atoms with Gasteiger partial charge in [0.15, 0.2) is 0 Å². The third-order valence-corrected chi connectivity index (χ3v) is 6.10. The Balaban J connectivity index is 1.31. The topological polar surface area (TPSA) is 57.3 Å². The molecular formula is C22H24N4OS. The quantitative estimate of drug-likeness (QED) is 0.664. The molecule has 1 atom stereocenters. The maximum absolute atomic E-state index is 12.4. The third-order valence-electron chi connectivity index (χ3n) is 5.07. The van der Waals surface area contributed by atoms with Crippen LogP contribution in [-0.4, -0.2) is 30.0 Å². The maximum Gasteiger partial charge on any atom is 0.257 e. The minimum Gasteiger partial charge on any atom is -0.355 e. The van der Waals surface area contributed by atoms with E-state index in [2.05, 4.69) is 38.9 Å². The number of carbonyl (C=O) groups is 1. The van der Waals surface area contributed by atoms with Crippen molar-refractivity contribution in [2.24, 2.45) is 0 Å². The van der Waals surface area contributed by atoms with E-state index in [0.717, 1.165) is 37.6 Å². The van der Waals surface area contributed by atoms with E-state index in [1.165, 1.54) is 10.4 Å². The summed E-state index contributed by atoms with van der Waals surface area (Å²) in [5.41, 5.74) is 2.71. The predicted molar refractivity (Wildman–Crippen MR) is 115 cm³/mol. The Morgan fingerprint density at radius 1 is 1.21 bits per heavy atom. The Labute approximate surface area is 169 Å². The first-order valence-corrected chi connectivity index (χ1v) is 10.4. The van der Waals surface area contributed by atoms with E-state index >= 15 is 0 Å². The molecule has 4 rings (SSSR count). The molecule has 1 aromatic carbocycles. The van der Waals surface area contributed by atoms with E-state index in [9.17, 15) is 4.79 Å². The number of para-hydroxylation sites is 1. The molecule has 0 aliphatic carbocycles. The molecule has 0 saturated carbocycles. The van der Waals surface area contributed by atoms with Crippen molar-refractivity contribution >= 4 is 28.7 Å². The van der Waals surface area contributed by atoms with Crippen LogP contribution in [0.1, 0.15) is 27.2 Å². The summed E-state index contributed by atoms with van der Waals surface area (Å²) in [5.74, 6) is 0.783. The summed E-state index contributed by atoms with van der Waals surface area (Å²) in [7, 11) is 0. The van der Waals surface area contributed by atoms with Gasteiger partial charge < -0.3 is 15.5 Å². The number of benzene rings is 1. The fourth-order valence-electron chi connectivity index (χ4n) is 3.39.